The Balaban J connectivity index is 3.45. The Hall–Kier alpha value is -0.0831. The van der Waals surface area contributed by atoms with Crippen LogP contribution in [0.25, 0.3) is 0 Å². The Morgan fingerprint density at radius 3 is 2.55 bits per heavy atom. The van der Waals surface area contributed by atoms with E-state index in [0.717, 1.165) is 13.0 Å². The van der Waals surface area contributed by atoms with Crippen molar-refractivity contribution >= 4 is 8.32 Å². The highest BCUT2D eigenvalue weighted by atomic mass is 28.4. The van der Waals surface area contributed by atoms with Gasteiger partial charge in [-0.05, 0) is 32.5 Å². The second-order valence-electron chi connectivity index (χ2n) is 3.37. The van der Waals surface area contributed by atoms with E-state index in [9.17, 15) is 0 Å². The van der Waals surface area contributed by atoms with Crippen LogP contribution in [0, 0.1) is 0 Å². The molecule has 0 rings (SSSR count). The van der Waals surface area contributed by atoms with Crippen molar-refractivity contribution in [1.29, 1.82) is 0 Å². The maximum Gasteiger partial charge on any atom is 0.186 e. The van der Waals surface area contributed by atoms with E-state index in [1.807, 2.05) is 6.08 Å². The van der Waals surface area contributed by atoms with Gasteiger partial charge in [-0.1, -0.05) is 12.5 Å². The zero-order valence-corrected chi connectivity index (χ0v) is 9.02. The van der Waals surface area contributed by atoms with Crippen LogP contribution in [0.1, 0.15) is 19.8 Å². The van der Waals surface area contributed by atoms with E-state index in [1.54, 1.807) is 0 Å². The van der Waals surface area contributed by atoms with E-state index in [4.69, 9.17) is 4.43 Å². The van der Waals surface area contributed by atoms with Crippen LogP contribution >= 0.6 is 0 Å². The molecule has 0 aliphatic rings. The molecule has 0 aromatic carbocycles. The van der Waals surface area contributed by atoms with E-state index < -0.39 is 8.32 Å². The molecule has 0 amide bonds. The SMILES string of the molecule is C=CCCC[Si](C)(C)OCC. The minimum atomic E-state index is -1.29. The lowest BCUT2D eigenvalue weighted by atomic mass is 10.3. The topological polar surface area (TPSA) is 9.23 Å². The molecule has 0 bridgehead atoms. The minimum absolute atomic E-state index is 0.868. The number of hydrogen-bond acceptors (Lipinski definition) is 1. The highest BCUT2D eigenvalue weighted by molar-refractivity contribution is 6.71. The first kappa shape index (κ1) is 10.9. The number of rotatable bonds is 6. The average Bonchev–Trinajstić information content (AvgIpc) is 1.87. The predicted octanol–water partition coefficient (Wildman–Crippen LogP) is 3.19. The molecule has 0 atom stereocenters. The van der Waals surface area contributed by atoms with Crippen LogP contribution in [0.3, 0.4) is 0 Å². The molecule has 0 aliphatic carbocycles. The fourth-order valence-corrected chi connectivity index (χ4v) is 3.12. The normalized spacial score (nSPS) is 11.5. The largest absolute Gasteiger partial charge is 0.418 e. The third-order valence-corrected chi connectivity index (χ3v) is 4.35. The lowest BCUT2D eigenvalue weighted by molar-refractivity contribution is 0.328. The highest BCUT2D eigenvalue weighted by Gasteiger charge is 2.19. The zero-order chi connectivity index (χ0) is 8.74. The van der Waals surface area contributed by atoms with E-state index >= 15 is 0 Å². The smallest absolute Gasteiger partial charge is 0.186 e. The van der Waals surface area contributed by atoms with Gasteiger partial charge in [0.1, 0.15) is 0 Å². The second kappa shape index (κ2) is 5.55. The molecule has 0 saturated heterocycles. The Morgan fingerprint density at radius 2 is 2.09 bits per heavy atom. The van der Waals surface area contributed by atoms with Gasteiger partial charge in [0.2, 0.25) is 0 Å². The molecule has 0 spiro atoms. The lowest BCUT2D eigenvalue weighted by Crippen LogP contribution is -2.29. The summed E-state index contributed by atoms with van der Waals surface area (Å²) in [7, 11) is -1.29. The molecule has 0 aromatic heterocycles. The van der Waals surface area contributed by atoms with Crippen LogP contribution in [0.15, 0.2) is 12.7 Å². The monoisotopic (exact) mass is 172 g/mol. The van der Waals surface area contributed by atoms with E-state index in [2.05, 4.69) is 26.6 Å². The third kappa shape index (κ3) is 6.32. The Bertz CT molecular complexity index is 110. The fourth-order valence-electron chi connectivity index (χ4n) is 1.14. The Kier molecular flexibility index (Phi) is 5.51. The van der Waals surface area contributed by atoms with Crippen molar-refractivity contribution in [2.45, 2.75) is 38.9 Å². The summed E-state index contributed by atoms with van der Waals surface area (Å²) in [4.78, 5) is 0. The summed E-state index contributed by atoms with van der Waals surface area (Å²) < 4.78 is 5.68. The molecule has 0 radical (unpaired) electrons. The molecule has 1 nitrogen and oxygen atoms in total. The molecule has 0 fully saturated rings. The van der Waals surface area contributed by atoms with Crippen LogP contribution in [0.5, 0.6) is 0 Å². The summed E-state index contributed by atoms with van der Waals surface area (Å²) in [5.74, 6) is 0. The molecule has 0 aromatic rings. The van der Waals surface area contributed by atoms with Gasteiger partial charge < -0.3 is 4.43 Å². The Labute approximate surface area is 71.6 Å². The zero-order valence-electron chi connectivity index (χ0n) is 8.02. The highest BCUT2D eigenvalue weighted by Crippen LogP contribution is 2.14. The molecule has 0 unspecified atom stereocenters. The van der Waals surface area contributed by atoms with Gasteiger partial charge in [-0.2, -0.15) is 0 Å². The first-order valence-corrected chi connectivity index (χ1v) is 7.49. The first-order chi connectivity index (χ1) is 5.12. The molecular formula is C9H20OSi. The van der Waals surface area contributed by atoms with Gasteiger partial charge in [0.25, 0.3) is 0 Å². The molecule has 0 saturated carbocycles. The molecule has 2 heteroatoms. The standard InChI is InChI=1S/C9H20OSi/c1-5-7-8-9-11(3,4)10-6-2/h5H,1,6-9H2,2-4H3. The number of allylic oxidation sites excluding steroid dienone is 1. The number of hydrogen-bond donors (Lipinski definition) is 0. The van der Waals surface area contributed by atoms with Gasteiger partial charge in [0, 0.05) is 6.61 Å². The third-order valence-electron chi connectivity index (χ3n) is 1.72. The van der Waals surface area contributed by atoms with Crippen LogP contribution in [0.4, 0.5) is 0 Å². The van der Waals surface area contributed by atoms with Crippen LogP contribution in [0.2, 0.25) is 19.1 Å². The predicted molar refractivity (Wildman–Crippen MR) is 53.3 cm³/mol. The van der Waals surface area contributed by atoms with Crippen LogP contribution in [-0.4, -0.2) is 14.9 Å². The second-order valence-corrected chi connectivity index (χ2v) is 7.68. The van der Waals surface area contributed by atoms with Gasteiger partial charge >= 0.3 is 0 Å². The summed E-state index contributed by atoms with van der Waals surface area (Å²) in [5, 5.41) is 0. The Morgan fingerprint density at radius 1 is 1.45 bits per heavy atom. The van der Waals surface area contributed by atoms with Gasteiger partial charge in [-0.15, -0.1) is 6.58 Å². The van der Waals surface area contributed by atoms with Crippen molar-refractivity contribution in [2.24, 2.45) is 0 Å². The maximum absolute atomic E-state index is 5.68. The van der Waals surface area contributed by atoms with Crippen molar-refractivity contribution in [3.63, 3.8) is 0 Å². The van der Waals surface area contributed by atoms with Crippen molar-refractivity contribution in [2.75, 3.05) is 6.61 Å². The summed E-state index contributed by atoms with van der Waals surface area (Å²) in [6.07, 6.45) is 4.35. The van der Waals surface area contributed by atoms with Gasteiger partial charge in [-0.25, -0.2) is 0 Å². The molecule has 0 aliphatic heterocycles. The summed E-state index contributed by atoms with van der Waals surface area (Å²) in [6.45, 7) is 11.2. The molecule has 66 valence electrons. The van der Waals surface area contributed by atoms with Gasteiger partial charge in [0.05, 0.1) is 0 Å². The minimum Gasteiger partial charge on any atom is -0.418 e. The molecule has 0 N–H and O–H groups in total. The van der Waals surface area contributed by atoms with Gasteiger partial charge in [0.15, 0.2) is 8.32 Å². The van der Waals surface area contributed by atoms with E-state index in [-0.39, 0.29) is 0 Å². The van der Waals surface area contributed by atoms with Crippen molar-refractivity contribution in [3.05, 3.63) is 12.7 Å². The summed E-state index contributed by atoms with van der Waals surface area (Å²) in [6, 6.07) is 1.26. The van der Waals surface area contributed by atoms with Crippen LogP contribution < -0.4 is 0 Å². The summed E-state index contributed by atoms with van der Waals surface area (Å²) in [5.41, 5.74) is 0. The van der Waals surface area contributed by atoms with Crippen LogP contribution in [-0.2, 0) is 4.43 Å². The summed E-state index contributed by atoms with van der Waals surface area (Å²) >= 11 is 0. The lowest BCUT2D eigenvalue weighted by Gasteiger charge is -2.21. The van der Waals surface area contributed by atoms with Crippen molar-refractivity contribution < 1.29 is 4.43 Å². The van der Waals surface area contributed by atoms with Crippen molar-refractivity contribution in [3.8, 4) is 0 Å². The first-order valence-electron chi connectivity index (χ1n) is 4.37. The maximum atomic E-state index is 5.68. The molecule has 0 heterocycles. The van der Waals surface area contributed by atoms with E-state index in [0.29, 0.717) is 0 Å². The number of unbranched alkanes of at least 4 members (excludes halogenated alkanes) is 1. The van der Waals surface area contributed by atoms with E-state index in [1.165, 1.54) is 12.5 Å². The fraction of sp³-hybridized carbons (Fsp3) is 0.778. The average molecular weight is 172 g/mol. The quantitative estimate of drug-likeness (QED) is 0.340. The van der Waals surface area contributed by atoms with Crippen molar-refractivity contribution in [1.82, 2.24) is 0 Å². The molecule has 11 heavy (non-hydrogen) atoms. The molecular weight excluding hydrogens is 152 g/mol. The van der Waals surface area contributed by atoms with Gasteiger partial charge in [-0.3, -0.25) is 0 Å².